The normalized spacial score (nSPS) is 12.9. The number of benzene rings is 2. The Morgan fingerprint density at radius 2 is 1.55 bits per heavy atom. The maximum absolute atomic E-state index is 13.1. The van der Waals surface area contributed by atoms with Gasteiger partial charge in [-0.05, 0) is 35.2 Å². The fraction of sp³-hybridized carbons (Fsp3) is 0.182. The van der Waals surface area contributed by atoms with Gasteiger partial charge in [0.25, 0.3) is 11.2 Å². The Hall–Kier alpha value is -3.60. The Kier molecular flexibility index (Phi) is 5.32. The van der Waals surface area contributed by atoms with Crippen molar-refractivity contribution in [2.75, 3.05) is 0 Å². The molecule has 2 heterocycles. The third-order valence-corrected chi connectivity index (χ3v) is 5.33. The SMILES string of the molecule is O=c1ccc2cc(-c3ccn[nH]3)ccc2n1Cc1ccc(C(O)(C(F)(F)F)C(F)(F)F)cc1. The summed E-state index contributed by atoms with van der Waals surface area (Å²) in [6.07, 6.45) is -10.3. The van der Waals surface area contributed by atoms with Gasteiger partial charge in [0.15, 0.2) is 0 Å². The van der Waals surface area contributed by atoms with Crippen molar-refractivity contribution in [2.45, 2.75) is 24.5 Å². The highest BCUT2D eigenvalue weighted by Gasteiger charge is 2.71. The van der Waals surface area contributed by atoms with Crippen LogP contribution in [0.4, 0.5) is 26.3 Å². The number of nitrogens with one attached hydrogen (secondary N) is 1. The molecule has 0 spiro atoms. The Morgan fingerprint density at radius 1 is 0.879 bits per heavy atom. The van der Waals surface area contributed by atoms with Crippen LogP contribution in [-0.4, -0.2) is 32.2 Å². The number of rotatable bonds is 4. The molecule has 0 amide bonds. The van der Waals surface area contributed by atoms with Crippen LogP contribution in [0.15, 0.2) is 71.7 Å². The van der Waals surface area contributed by atoms with E-state index in [0.29, 0.717) is 23.0 Å². The molecule has 4 aromatic rings. The van der Waals surface area contributed by atoms with Gasteiger partial charge in [-0.3, -0.25) is 9.89 Å². The zero-order chi connectivity index (χ0) is 24.0. The Bertz CT molecular complexity index is 1330. The molecule has 2 aromatic carbocycles. The quantitative estimate of drug-likeness (QED) is 0.426. The second kappa shape index (κ2) is 7.77. The Labute approximate surface area is 181 Å². The highest BCUT2D eigenvalue weighted by Crippen LogP contribution is 2.49. The van der Waals surface area contributed by atoms with Crippen molar-refractivity contribution >= 4 is 10.9 Å². The van der Waals surface area contributed by atoms with Crippen LogP contribution >= 0.6 is 0 Å². The first-order valence-corrected chi connectivity index (χ1v) is 9.50. The van der Waals surface area contributed by atoms with Gasteiger partial charge in [-0.15, -0.1) is 0 Å². The number of aromatic amines is 1. The predicted molar refractivity (Wildman–Crippen MR) is 107 cm³/mol. The number of fused-ring (bicyclic) bond motifs is 1. The van der Waals surface area contributed by atoms with Crippen LogP contribution in [0.2, 0.25) is 0 Å². The average Bonchev–Trinajstić information content (AvgIpc) is 3.29. The number of hydrogen-bond donors (Lipinski definition) is 2. The zero-order valence-corrected chi connectivity index (χ0v) is 16.6. The molecular weight excluding hydrogens is 452 g/mol. The van der Waals surface area contributed by atoms with Gasteiger partial charge in [-0.25, -0.2) is 0 Å². The summed E-state index contributed by atoms with van der Waals surface area (Å²) in [6.45, 7) is -0.101. The van der Waals surface area contributed by atoms with Crippen molar-refractivity contribution in [3.63, 3.8) is 0 Å². The summed E-state index contributed by atoms with van der Waals surface area (Å²) in [6, 6.07) is 13.1. The number of nitrogens with zero attached hydrogens (tertiary/aromatic N) is 2. The molecule has 5 nitrogen and oxygen atoms in total. The standard InChI is InChI=1S/C22H15F6N3O2/c23-21(24,25)20(33,22(26,27)28)16-5-1-13(2-6-16)12-31-18-7-3-14(17-9-10-29-30-17)11-15(18)4-8-19(31)32/h1-11,33H,12H2,(H,29,30). The van der Waals surface area contributed by atoms with Gasteiger partial charge in [0.05, 0.1) is 17.8 Å². The topological polar surface area (TPSA) is 70.9 Å². The predicted octanol–water partition coefficient (Wildman–Crippen LogP) is 4.75. The summed E-state index contributed by atoms with van der Waals surface area (Å²) in [5.41, 5.74) is -4.39. The molecule has 2 N–H and O–H groups in total. The lowest BCUT2D eigenvalue weighted by Crippen LogP contribution is -2.53. The van der Waals surface area contributed by atoms with Gasteiger partial charge in [0, 0.05) is 23.4 Å². The zero-order valence-electron chi connectivity index (χ0n) is 16.6. The maximum Gasteiger partial charge on any atom is 0.430 e. The summed E-state index contributed by atoms with van der Waals surface area (Å²) in [4.78, 5) is 12.4. The minimum atomic E-state index is -5.97. The smallest absolute Gasteiger partial charge is 0.369 e. The van der Waals surface area contributed by atoms with Crippen LogP contribution in [0.5, 0.6) is 0 Å². The summed E-state index contributed by atoms with van der Waals surface area (Å²) in [5.74, 6) is 0. The third-order valence-electron chi connectivity index (χ3n) is 5.33. The van der Waals surface area contributed by atoms with E-state index >= 15 is 0 Å². The van der Waals surface area contributed by atoms with Gasteiger partial charge in [0.2, 0.25) is 0 Å². The molecule has 0 aliphatic rings. The number of aliphatic hydroxyl groups is 1. The first-order chi connectivity index (χ1) is 15.4. The van der Waals surface area contributed by atoms with E-state index in [9.17, 15) is 36.2 Å². The van der Waals surface area contributed by atoms with Gasteiger partial charge < -0.3 is 9.67 Å². The number of hydrogen-bond acceptors (Lipinski definition) is 3. The second-order valence-corrected chi connectivity index (χ2v) is 7.40. The molecule has 0 saturated heterocycles. The Balaban J connectivity index is 1.70. The van der Waals surface area contributed by atoms with Crippen molar-refractivity contribution in [3.05, 3.63) is 88.3 Å². The average molecular weight is 467 g/mol. The van der Waals surface area contributed by atoms with Crippen LogP contribution in [-0.2, 0) is 12.1 Å². The summed E-state index contributed by atoms with van der Waals surface area (Å²) >= 11 is 0. The fourth-order valence-electron chi connectivity index (χ4n) is 3.57. The van der Waals surface area contributed by atoms with Gasteiger partial charge in [-0.1, -0.05) is 30.3 Å². The molecule has 4 rings (SSSR count). The molecule has 33 heavy (non-hydrogen) atoms. The molecule has 0 saturated carbocycles. The van der Waals surface area contributed by atoms with Gasteiger partial charge >= 0.3 is 12.4 Å². The highest BCUT2D eigenvalue weighted by molar-refractivity contribution is 5.84. The largest absolute Gasteiger partial charge is 0.430 e. The van der Waals surface area contributed by atoms with E-state index in [1.54, 1.807) is 30.5 Å². The van der Waals surface area contributed by atoms with Crippen molar-refractivity contribution in [1.29, 1.82) is 0 Å². The van der Waals surface area contributed by atoms with E-state index in [1.165, 1.54) is 10.6 Å². The van der Waals surface area contributed by atoms with Crippen molar-refractivity contribution in [2.24, 2.45) is 0 Å². The number of alkyl halides is 6. The summed E-state index contributed by atoms with van der Waals surface area (Å²) < 4.78 is 79.8. The van der Waals surface area contributed by atoms with Gasteiger partial charge in [0.1, 0.15) is 0 Å². The number of pyridine rings is 1. The molecule has 0 aliphatic heterocycles. The summed E-state index contributed by atoms with van der Waals surface area (Å²) in [7, 11) is 0. The van der Waals surface area contributed by atoms with E-state index in [-0.39, 0.29) is 12.1 Å². The van der Waals surface area contributed by atoms with E-state index < -0.39 is 29.1 Å². The minimum Gasteiger partial charge on any atom is -0.369 e. The molecule has 0 unspecified atom stereocenters. The third kappa shape index (κ3) is 3.88. The molecule has 0 aliphatic carbocycles. The first-order valence-electron chi connectivity index (χ1n) is 9.50. The lowest BCUT2D eigenvalue weighted by Gasteiger charge is -2.32. The van der Waals surface area contributed by atoms with E-state index in [4.69, 9.17) is 0 Å². The fourth-order valence-corrected chi connectivity index (χ4v) is 3.57. The number of halogens is 6. The van der Waals surface area contributed by atoms with Crippen LogP contribution in [0, 0.1) is 0 Å². The first kappa shape index (κ1) is 22.6. The van der Waals surface area contributed by atoms with Crippen molar-refractivity contribution in [3.8, 4) is 11.3 Å². The molecule has 172 valence electrons. The monoisotopic (exact) mass is 467 g/mol. The lowest BCUT2D eigenvalue weighted by atomic mass is 9.91. The van der Waals surface area contributed by atoms with Crippen LogP contribution < -0.4 is 5.56 Å². The van der Waals surface area contributed by atoms with E-state index in [0.717, 1.165) is 23.4 Å². The van der Waals surface area contributed by atoms with Crippen LogP contribution in [0.25, 0.3) is 22.2 Å². The van der Waals surface area contributed by atoms with Gasteiger partial charge in [-0.2, -0.15) is 31.4 Å². The van der Waals surface area contributed by atoms with E-state index in [1.807, 2.05) is 6.07 Å². The molecule has 11 heteroatoms. The molecule has 0 radical (unpaired) electrons. The maximum atomic E-state index is 13.1. The molecule has 0 bridgehead atoms. The van der Waals surface area contributed by atoms with E-state index in [2.05, 4.69) is 10.2 Å². The molecule has 0 fully saturated rings. The number of aromatic nitrogens is 3. The van der Waals surface area contributed by atoms with Crippen molar-refractivity contribution in [1.82, 2.24) is 14.8 Å². The Morgan fingerprint density at radius 3 is 2.12 bits per heavy atom. The molecule has 2 aromatic heterocycles. The van der Waals surface area contributed by atoms with Crippen LogP contribution in [0.3, 0.4) is 0 Å². The van der Waals surface area contributed by atoms with Crippen LogP contribution in [0.1, 0.15) is 11.1 Å². The lowest BCUT2D eigenvalue weighted by molar-refractivity contribution is -0.376. The number of H-pyrrole nitrogens is 1. The molecule has 0 atom stereocenters. The minimum absolute atomic E-state index is 0.101. The molecular formula is C22H15F6N3O2. The summed E-state index contributed by atoms with van der Waals surface area (Å²) in [5, 5.41) is 16.9. The highest BCUT2D eigenvalue weighted by atomic mass is 19.4. The van der Waals surface area contributed by atoms with Crippen molar-refractivity contribution < 1.29 is 31.4 Å². The second-order valence-electron chi connectivity index (χ2n) is 7.40.